The summed E-state index contributed by atoms with van der Waals surface area (Å²) >= 11 is 0. The molecular formula is C14H17NO. The van der Waals surface area contributed by atoms with Gasteiger partial charge in [-0.2, -0.15) is 0 Å². The van der Waals surface area contributed by atoms with Gasteiger partial charge in [0.2, 0.25) is 0 Å². The van der Waals surface area contributed by atoms with E-state index in [4.69, 9.17) is 0 Å². The third-order valence-electron chi connectivity index (χ3n) is 2.96. The molecule has 0 aromatic heterocycles. The number of hydrogen-bond donors (Lipinski definition) is 0. The number of carbonyl (C=O) groups is 1. The van der Waals surface area contributed by atoms with E-state index in [1.54, 1.807) is 0 Å². The summed E-state index contributed by atoms with van der Waals surface area (Å²) in [7, 11) is 0. The van der Waals surface area contributed by atoms with Crippen LogP contribution in [0.4, 0.5) is 0 Å². The van der Waals surface area contributed by atoms with Gasteiger partial charge in [0.25, 0.3) is 0 Å². The van der Waals surface area contributed by atoms with Crippen LogP contribution in [0.1, 0.15) is 12.0 Å². The summed E-state index contributed by atoms with van der Waals surface area (Å²) in [5.74, 6) is 0.650. The minimum Gasteiger partial charge on any atom is -0.298 e. The van der Waals surface area contributed by atoms with Crippen LogP contribution < -0.4 is 0 Å². The number of hydrogen-bond acceptors (Lipinski definition) is 2. The number of carbonyl (C=O) groups excluding carboxylic acids is 1. The Morgan fingerprint density at radius 2 is 2.12 bits per heavy atom. The summed E-state index contributed by atoms with van der Waals surface area (Å²) in [4.78, 5) is 13.7. The van der Waals surface area contributed by atoms with Crippen molar-refractivity contribution in [1.82, 2.24) is 4.90 Å². The lowest BCUT2D eigenvalue weighted by atomic mass is 9.97. The maximum atomic E-state index is 11.5. The fourth-order valence-corrected chi connectivity index (χ4v) is 2.19. The lowest BCUT2D eigenvalue weighted by molar-refractivity contribution is -0.123. The third kappa shape index (κ3) is 2.80. The monoisotopic (exact) mass is 215 g/mol. The first kappa shape index (κ1) is 11.1. The number of rotatable bonds is 3. The Kier molecular flexibility index (Phi) is 3.52. The van der Waals surface area contributed by atoms with Crippen LogP contribution >= 0.6 is 0 Å². The number of ketones is 1. The second-order valence-electron chi connectivity index (χ2n) is 4.39. The molecule has 0 radical (unpaired) electrons. The largest absolute Gasteiger partial charge is 0.298 e. The van der Waals surface area contributed by atoms with Crippen LogP contribution in [0.25, 0.3) is 0 Å². The predicted molar refractivity (Wildman–Crippen MR) is 65.0 cm³/mol. The number of likely N-dealkylation sites (tertiary alicyclic amines) is 1. The second kappa shape index (κ2) is 5.08. The molecule has 0 saturated carbocycles. The van der Waals surface area contributed by atoms with Gasteiger partial charge < -0.3 is 0 Å². The fraction of sp³-hybridized carbons (Fsp3) is 0.357. The Morgan fingerprint density at radius 1 is 1.38 bits per heavy atom. The molecule has 0 N–H and O–H groups in total. The fourth-order valence-electron chi connectivity index (χ4n) is 2.19. The zero-order valence-electron chi connectivity index (χ0n) is 9.43. The average Bonchev–Trinajstić information content (AvgIpc) is 2.29. The Morgan fingerprint density at radius 3 is 2.81 bits per heavy atom. The topological polar surface area (TPSA) is 20.3 Å². The Labute approximate surface area is 96.6 Å². The highest BCUT2D eigenvalue weighted by molar-refractivity contribution is 5.81. The molecule has 2 heteroatoms. The molecule has 1 fully saturated rings. The van der Waals surface area contributed by atoms with Gasteiger partial charge in [0.1, 0.15) is 5.78 Å². The second-order valence-corrected chi connectivity index (χ2v) is 4.39. The summed E-state index contributed by atoms with van der Waals surface area (Å²) in [6, 6.07) is 10.3. The van der Waals surface area contributed by atoms with Gasteiger partial charge in [0, 0.05) is 19.5 Å². The van der Waals surface area contributed by atoms with Gasteiger partial charge in [-0.25, -0.2) is 0 Å². The standard InChI is InChI=1S/C14H17NO/c1-2-12-8-14(16)11-15(9-12)10-13-6-4-3-5-7-13/h2-7,12H,1,8-11H2/t12-/m0/s1. The molecule has 1 heterocycles. The van der Waals surface area contributed by atoms with E-state index >= 15 is 0 Å². The van der Waals surface area contributed by atoms with Crippen molar-refractivity contribution in [1.29, 1.82) is 0 Å². The maximum absolute atomic E-state index is 11.5. The molecular weight excluding hydrogens is 198 g/mol. The molecule has 1 atom stereocenters. The van der Waals surface area contributed by atoms with Gasteiger partial charge >= 0.3 is 0 Å². The van der Waals surface area contributed by atoms with Crippen LogP contribution in [0.5, 0.6) is 0 Å². The molecule has 0 bridgehead atoms. The number of benzene rings is 1. The van der Waals surface area contributed by atoms with E-state index in [-0.39, 0.29) is 0 Å². The van der Waals surface area contributed by atoms with Crippen LogP contribution in [0, 0.1) is 5.92 Å². The van der Waals surface area contributed by atoms with Gasteiger partial charge in [-0.3, -0.25) is 9.69 Å². The van der Waals surface area contributed by atoms with Crippen LogP contribution in [-0.4, -0.2) is 23.8 Å². The maximum Gasteiger partial charge on any atom is 0.147 e. The summed E-state index contributed by atoms with van der Waals surface area (Å²) in [6.07, 6.45) is 2.56. The van der Waals surface area contributed by atoms with Crippen molar-refractivity contribution in [3.8, 4) is 0 Å². The number of Topliss-reactive ketones (excluding diaryl/α,β-unsaturated/α-hetero) is 1. The molecule has 1 aliphatic heterocycles. The van der Waals surface area contributed by atoms with Crippen molar-refractivity contribution in [2.45, 2.75) is 13.0 Å². The van der Waals surface area contributed by atoms with Crippen molar-refractivity contribution in [2.75, 3.05) is 13.1 Å². The highest BCUT2D eigenvalue weighted by atomic mass is 16.1. The van der Waals surface area contributed by atoms with Crippen molar-refractivity contribution >= 4 is 5.78 Å². The van der Waals surface area contributed by atoms with E-state index in [9.17, 15) is 4.79 Å². The minimum absolute atomic E-state index is 0.324. The van der Waals surface area contributed by atoms with Crippen LogP contribution in [0.15, 0.2) is 43.0 Å². The molecule has 1 aliphatic rings. The summed E-state index contributed by atoms with van der Waals surface area (Å²) in [6.45, 7) is 6.17. The lowest BCUT2D eigenvalue weighted by Crippen LogP contribution is -2.39. The Balaban J connectivity index is 1.99. The summed E-state index contributed by atoms with van der Waals surface area (Å²) < 4.78 is 0. The molecule has 84 valence electrons. The first-order valence-corrected chi connectivity index (χ1v) is 5.68. The average molecular weight is 215 g/mol. The van der Waals surface area contributed by atoms with Crippen molar-refractivity contribution < 1.29 is 4.79 Å². The molecule has 0 aliphatic carbocycles. The van der Waals surface area contributed by atoms with Crippen molar-refractivity contribution in [2.24, 2.45) is 5.92 Å². The van der Waals surface area contributed by atoms with E-state index in [0.29, 0.717) is 24.7 Å². The highest BCUT2D eigenvalue weighted by Crippen LogP contribution is 2.16. The van der Waals surface area contributed by atoms with Crippen molar-refractivity contribution in [3.63, 3.8) is 0 Å². The molecule has 1 aromatic carbocycles. The SMILES string of the molecule is C=C[C@H]1CC(=O)CN(Cc2ccccc2)C1. The van der Waals surface area contributed by atoms with Gasteiger partial charge in [-0.05, 0) is 11.5 Å². The lowest BCUT2D eigenvalue weighted by Gasteiger charge is -2.30. The zero-order valence-corrected chi connectivity index (χ0v) is 9.43. The quantitative estimate of drug-likeness (QED) is 0.721. The van der Waals surface area contributed by atoms with E-state index in [0.717, 1.165) is 13.1 Å². The van der Waals surface area contributed by atoms with Gasteiger partial charge in [-0.1, -0.05) is 36.4 Å². The summed E-state index contributed by atoms with van der Waals surface area (Å²) in [5, 5.41) is 0. The van der Waals surface area contributed by atoms with E-state index in [2.05, 4.69) is 23.6 Å². The predicted octanol–water partition coefficient (Wildman–Crippen LogP) is 2.26. The molecule has 0 unspecified atom stereocenters. The van der Waals surface area contributed by atoms with E-state index < -0.39 is 0 Å². The normalized spacial score (nSPS) is 22.0. The van der Waals surface area contributed by atoms with Crippen LogP contribution in [0.2, 0.25) is 0 Å². The smallest absolute Gasteiger partial charge is 0.147 e. The Hall–Kier alpha value is -1.41. The van der Waals surface area contributed by atoms with Crippen molar-refractivity contribution in [3.05, 3.63) is 48.6 Å². The number of nitrogens with zero attached hydrogens (tertiary/aromatic N) is 1. The molecule has 0 amide bonds. The third-order valence-corrected chi connectivity index (χ3v) is 2.96. The molecule has 1 aromatic rings. The number of piperidine rings is 1. The zero-order chi connectivity index (χ0) is 11.4. The molecule has 2 nitrogen and oxygen atoms in total. The van der Waals surface area contributed by atoms with Crippen LogP contribution in [-0.2, 0) is 11.3 Å². The Bertz CT molecular complexity index is 372. The van der Waals surface area contributed by atoms with Gasteiger partial charge in [0.05, 0.1) is 6.54 Å². The van der Waals surface area contributed by atoms with E-state index in [1.165, 1.54) is 5.56 Å². The minimum atomic E-state index is 0.324. The van der Waals surface area contributed by atoms with E-state index in [1.807, 2.05) is 24.3 Å². The van der Waals surface area contributed by atoms with Crippen LogP contribution in [0.3, 0.4) is 0 Å². The highest BCUT2D eigenvalue weighted by Gasteiger charge is 2.23. The first-order valence-electron chi connectivity index (χ1n) is 5.68. The first-order chi connectivity index (χ1) is 7.78. The summed E-state index contributed by atoms with van der Waals surface area (Å²) in [5.41, 5.74) is 1.26. The van der Waals surface area contributed by atoms with Gasteiger partial charge in [0.15, 0.2) is 0 Å². The molecule has 1 saturated heterocycles. The molecule has 16 heavy (non-hydrogen) atoms. The molecule has 2 rings (SSSR count). The molecule has 0 spiro atoms. The van der Waals surface area contributed by atoms with Gasteiger partial charge in [-0.15, -0.1) is 6.58 Å².